The van der Waals surface area contributed by atoms with E-state index in [0.29, 0.717) is 9.79 Å². The highest BCUT2D eigenvalue weighted by Gasteiger charge is 2.34. The van der Waals surface area contributed by atoms with Crippen molar-refractivity contribution in [2.24, 2.45) is 0 Å². The molecule has 0 aliphatic carbocycles. The van der Waals surface area contributed by atoms with Gasteiger partial charge in [-0.05, 0) is 24.3 Å². The van der Waals surface area contributed by atoms with Crippen LogP contribution in [-0.4, -0.2) is 27.5 Å². The number of nitro groups is 2. The molecule has 0 bridgehead atoms. The van der Waals surface area contributed by atoms with Gasteiger partial charge < -0.3 is 10.6 Å². The molecule has 2 amide bonds. The number of nitrogens with one attached hydrogen (secondary N) is 2. The quantitative estimate of drug-likeness (QED) is 0.379. The molecule has 2 aromatic carbocycles. The summed E-state index contributed by atoms with van der Waals surface area (Å²) in [6, 6.07) is 6.16. The molecule has 0 radical (unpaired) electrons. The van der Waals surface area contributed by atoms with Gasteiger partial charge in [0, 0.05) is 30.1 Å². The molecule has 2 aromatic rings. The molecule has 10 nitrogen and oxygen atoms in total. The van der Waals surface area contributed by atoms with Crippen molar-refractivity contribution in [1.29, 1.82) is 0 Å². The van der Waals surface area contributed by atoms with Crippen LogP contribution in [0.1, 0.15) is 25.0 Å². The Balaban J connectivity index is 2.28. The lowest BCUT2D eigenvalue weighted by atomic mass is 9.99. The van der Waals surface area contributed by atoms with Crippen LogP contribution >= 0.6 is 10.5 Å². The highest BCUT2D eigenvalue weighted by Crippen LogP contribution is 2.52. The second-order valence-corrected chi connectivity index (χ2v) is 7.98. The van der Waals surface area contributed by atoms with Gasteiger partial charge in [-0.15, -0.1) is 10.5 Å². The maximum Gasteiger partial charge on any atom is 0.297 e. The first-order chi connectivity index (χ1) is 13.6. The number of hydrogen-bond acceptors (Lipinski definition) is 6. The van der Waals surface area contributed by atoms with Gasteiger partial charge in [0.15, 0.2) is 0 Å². The van der Waals surface area contributed by atoms with Crippen molar-refractivity contribution < 1.29 is 19.4 Å². The Hall–Kier alpha value is -3.60. The predicted molar refractivity (Wildman–Crippen MR) is 109 cm³/mol. The van der Waals surface area contributed by atoms with Gasteiger partial charge in [-0.25, -0.2) is 0 Å². The molecule has 0 saturated carbocycles. The van der Waals surface area contributed by atoms with Crippen LogP contribution in [0.15, 0.2) is 34.1 Å². The highest BCUT2D eigenvalue weighted by molar-refractivity contribution is 8.14. The number of fused-ring (bicyclic) bond motifs is 2. The van der Waals surface area contributed by atoms with E-state index in [2.05, 4.69) is 16.5 Å². The summed E-state index contributed by atoms with van der Waals surface area (Å²) in [7, 11) is -0.920. The zero-order valence-electron chi connectivity index (χ0n) is 15.5. The standard InChI is InChI=1S/C18H16N4O6S/c1-9(23)19-13-4-6-15-11(17(13)21(25)26)8-12-16(29(15)3)7-5-14(20-10(2)24)18(12)22(27)28/h4-7H,3,8H2,1-2H3,(H,19,23)(H,20,24). The molecular weight excluding hydrogens is 400 g/mol. The van der Waals surface area contributed by atoms with E-state index < -0.39 is 32.1 Å². The lowest BCUT2D eigenvalue weighted by molar-refractivity contribution is -0.385. The number of nitro benzene ring substituents is 2. The van der Waals surface area contributed by atoms with E-state index in [0.717, 1.165) is 0 Å². The monoisotopic (exact) mass is 416 g/mol. The third-order valence-electron chi connectivity index (χ3n) is 4.35. The van der Waals surface area contributed by atoms with Gasteiger partial charge in [0.25, 0.3) is 11.4 Å². The molecule has 11 heteroatoms. The van der Waals surface area contributed by atoms with Crippen molar-refractivity contribution in [3.05, 3.63) is 55.6 Å². The maximum atomic E-state index is 11.8. The van der Waals surface area contributed by atoms with Gasteiger partial charge in [0.1, 0.15) is 11.4 Å². The lowest BCUT2D eigenvalue weighted by Gasteiger charge is -2.24. The summed E-state index contributed by atoms with van der Waals surface area (Å²) in [6.45, 7) is 2.46. The van der Waals surface area contributed by atoms with Crippen LogP contribution < -0.4 is 10.6 Å². The molecule has 1 heterocycles. The Kier molecular flexibility index (Phi) is 5.16. The van der Waals surface area contributed by atoms with Crippen molar-refractivity contribution in [2.75, 3.05) is 10.6 Å². The van der Waals surface area contributed by atoms with Crippen molar-refractivity contribution in [2.45, 2.75) is 30.1 Å². The smallest absolute Gasteiger partial charge is 0.297 e. The van der Waals surface area contributed by atoms with E-state index in [1.807, 2.05) is 0 Å². The molecule has 1 aliphatic rings. The number of benzene rings is 2. The van der Waals surface area contributed by atoms with Crippen LogP contribution in [0.3, 0.4) is 0 Å². The average Bonchev–Trinajstić information content (AvgIpc) is 2.59. The molecule has 0 fully saturated rings. The van der Waals surface area contributed by atoms with Gasteiger partial charge in [0.05, 0.1) is 21.0 Å². The van der Waals surface area contributed by atoms with E-state index in [1.54, 1.807) is 12.1 Å². The SMILES string of the molecule is C=S1c2ccc(NC(C)=O)c([N+](=O)[O-])c2Cc2c1ccc(NC(C)=O)c2[N+](=O)[O-]. The number of anilines is 2. The molecule has 29 heavy (non-hydrogen) atoms. The molecule has 150 valence electrons. The minimum atomic E-state index is -0.920. The van der Waals surface area contributed by atoms with Gasteiger partial charge in [-0.1, -0.05) is 5.87 Å². The minimum absolute atomic E-state index is 0.0161. The first-order valence-electron chi connectivity index (χ1n) is 8.31. The summed E-state index contributed by atoms with van der Waals surface area (Å²) in [6.07, 6.45) is -0.100. The number of carbonyl (C=O) groups is 2. The normalized spacial score (nSPS) is 12.5. The summed E-state index contributed by atoms with van der Waals surface area (Å²) in [5.74, 6) is 3.12. The molecule has 1 aliphatic heterocycles. The summed E-state index contributed by atoms with van der Waals surface area (Å²) < 4.78 is 0. The van der Waals surface area contributed by atoms with E-state index >= 15 is 0 Å². The van der Waals surface area contributed by atoms with E-state index in [-0.39, 0.29) is 40.3 Å². The largest absolute Gasteiger partial charge is 0.321 e. The second-order valence-electron chi connectivity index (χ2n) is 6.32. The number of carbonyl (C=O) groups excluding carboxylic acids is 2. The van der Waals surface area contributed by atoms with Crippen LogP contribution in [0.2, 0.25) is 0 Å². The first-order valence-corrected chi connectivity index (χ1v) is 9.71. The molecule has 3 rings (SSSR count). The van der Waals surface area contributed by atoms with Crippen LogP contribution in [0, 0.1) is 20.2 Å². The van der Waals surface area contributed by atoms with Gasteiger partial charge in [0.2, 0.25) is 11.8 Å². The maximum absolute atomic E-state index is 11.8. The van der Waals surface area contributed by atoms with Crippen LogP contribution in [0.25, 0.3) is 0 Å². The molecule has 0 saturated heterocycles. The Morgan fingerprint density at radius 3 is 1.59 bits per heavy atom. The minimum Gasteiger partial charge on any atom is -0.321 e. The van der Waals surface area contributed by atoms with Crippen molar-refractivity contribution in [1.82, 2.24) is 0 Å². The van der Waals surface area contributed by atoms with E-state index in [9.17, 15) is 29.8 Å². The average molecular weight is 416 g/mol. The third-order valence-corrected chi connectivity index (χ3v) is 6.18. The zero-order valence-corrected chi connectivity index (χ0v) is 16.3. The fourth-order valence-corrected chi connectivity index (χ4v) is 4.97. The van der Waals surface area contributed by atoms with Crippen molar-refractivity contribution in [3.8, 4) is 0 Å². The Labute approximate surface area is 167 Å². The summed E-state index contributed by atoms with van der Waals surface area (Å²) >= 11 is 0. The van der Waals surface area contributed by atoms with Gasteiger partial charge >= 0.3 is 0 Å². The summed E-state index contributed by atoms with van der Waals surface area (Å²) in [4.78, 5) is 46.3. The fourth-order valence-electron chi connectivity index (χ4n) is 3.33. The number of amides is 2. The summed E-state index contributed by atoms with van der Waals surface area (Å²) in [5.41, 5.74) is -0.0810. The molecule has 0 spiro atoms. The number of nitrogens with zero attached hydrogens (tertiary/aromatic N) is 2. The first kappa shape index (κ1) is 20.1. The molecule has 0 aromatic heterocycles. The Morgan fingerprint density at radius 1 is 0.897 bits per heavy atom. The number of hydrogen-bond donors (Lipinski definition) is 2. The van der Waals surface area contributed by atoms with Crippen molar-refractivity contribution in [3.63, 3.8) is 0 Å². The Morgan fingerprint density at radius 2 is 1.28 bits per heavy atom. The topological polar surface area (TPSA) is 144 Å². The predicted octanol–water partition coefficient (Wildman–Crippen LogP) is 3.44. The molecule has 0 atom stereocenters. The lowest BCUT2D eigenvalue weighted by Crippen LogP contribution is -2.14. The Bertz CT molecular complexity index is 1040. The van der Waals surface area contributed by atoms with E-state index in [1.165, 1.54) is 26.0 Å². The van der Waals surface area contributed by atoms with Crippen LogP contribution in [0.5, 0.6) is 0 Å². The van der Waals surface area contributed by atoms with Crippen LogP contribution in [-0.2, 0) is 16.0 Å². The molecule has 2 N–H and O–H groups in total. The van der Waals surface area contributed by atoms with E-state index in [4.69, 9.17) is 0 Å². The third kappa shape index (κ3) is 3.59. The fraction of sp³-hybridized carbons (Fsp3) is 0.167. The van der Waals surface area contributed by atoms with Crippen LogP contribution in [0.4, 0.5) is 22.7 Å². The molecule has 0 unspecified atom stereocenters. The van der Waals surface area contributed by atoms with Gasteiger partial charge in [-0.2, -0.15) is 0 Å². The highest BCUT2D eigenvalue weighted by atomic mass is 32.2. The summed E-state index contributed by atoms with van der Waals surface area (Å²) in [5, 5.41) is 28.4. The van der Waals surface area contributed by atoms with Gasteiger partial charge in [-0.3, -0.25) is 29.8 Å². The molecular formula is C18H16N4O6S. The second kappa shape index (κ2) is 7.43. The number of rotatable bonds is 4. The zero-order chi connectivity index (χ0) is 21.5. The van der Waals surface area contributed by atoms with Crippen molar-refractivity contribution >= 4 is 50.9 Å².